The predicted molar refractivity (Wildman–Crippen MR) is 75.1 cm³/mol. The highest BCUT2D eigenvalue weighted by molar-refractivity contribution is 5.94. The molecule has 0 bridgehead atoms. The highest BCUT2D eigenvalue weighted by Gasteiger charge is 2.32. The van der Waals surface area contributed by atoms with E-state index in [0.29, 0.717) is 0 Å². The number of hydrogen-bond donors (Lipinski definition) is 1. The number of aromatic nitrogens is 1. The van der Waals surface area contributed by atoms with E-state index in [1.54, 1.807) is 20.8 Å². The molecule has 1 heterocycles. The fourth-order valence-corrected chi connectivity index (χ4v) is 1.99. The van der Waals surface area contributed by atoms with Crippen molar-refractivity contribution in [3.63, 3.8) is 0 Å². The van der Waals surface area contributed by atoms with Crippen molar-refractivity contribution < 1.29 is 19.6 Å². The molecule has 0 aliphatic carbocycles. The van der Waals surface area contributed by atoms with Crippen molar-refractivity contribution >= 4 is 17.7 Å². The first-order valence-electron chi connectivity index (χ1n) is 6.39. The van der Waals surface area contributed by atoms with Crippen LogP contribution in [0.25, 0.3) is 0 Å². The fourth-order valence-electron chi connectivity index (χ4n) is 1.99. The lowest BCUT2D eigenvalue weighted by atomic mass is 10.0. The van der Waals surface area contributed by atoms with Gasteiger partial charge < -0.3 is 20.1 Å². The van der Waals surface area contributed by atoms with Gasteiger partial charge in [-0.2, -0.15) is 0 Å². The average Bonchev–Trinajstić information content (AvgIpc) is 2.68. The van der Waals surface area contributed by atoms with Gasteiger partial charge in [0.05, 0.1) is 13.5 Å². The Morgan fingerprint density at radius 2 is 1.95 bits per heavy atom. The lowest BCUT2D eigenvalue weighted by Gasteiger charge is -2.34. The Hall–Kier alpha value is -2.38. The normalized spacial score (nSPS) is 11.2. The standard InChI is InChI=1S/C13H19N3O5/c1-13(2,3)15(8-7-11(17)18)12(19)9-5-6-10(14(9)4)16(20)21/h5-6H,7-8H2,1-4H3,(H,17,18). The first-order valence-corrected chi connectivity index (χ1v) is 6.39. The van der Waals surface area contributed by atoms with Crippen LogP contribution in [0.2, 0.25) is 0 Å². The molecule has 1 amide bonds. The van der Waals surface area contributed by atoms with Crippen LogP contribution in [-0.2, 0) is 11.8 Å². The minimum atomic E-state index is -1.00. The summed E-state index contributed by atoms with van der Waals surface area (Å²) in [6.45, 7) is 5.38. The molecule has 116 valence electrons. The molecule has 0 fully saturated rings. The van der Waals surface area contributed by atoms with Crippen molar-refractivity contribution in [3.05, 3.63) is 27.9 Å². The van der Waals surface area contributed by atoms with Gasteiger partial charge in [0, 0.05) is 18.2 Å². The molecule has 21 heavy (non-hydrogen) atoms. The van der Waals surface area contributed by atoms with Crippen molar-refractivity contribution in [3.8, 4) is 0 Å². The Bertz CT molecular complexity index is 571. The van der Waals surface area contributed by atoms with E-state index in [0.717, 1.165) is 0 Å². The number of carboxylic acids is 1. The number of nitro groups is 1. The maximum Gasteiger partial charge on any atom is 0.323 e. The van der Waals surface area contributed by atoms with E-state index >= 15 is 0 Å². The summed E-state index contributed by atoms with van der Waals surface area (Å²) in [6.07, 6.45) is -0.185. The molecule has 0 aliphatic heterocycles. The Morgan fingerprint density at radius 1 is 1.38 bits per heavy atom. The number of amides is 1. The van der Waals surface area contributed by atoms with Crippen LogP contribution < -0.4 is 0 Å². The molecular weight excluding hydrogens is 278 g/mol. The van der Waals surface area contributed by atoms with Crippen molar-refractivity contribution in [1.29, 1.82) is 0 Å². The average molecular weight is 297 g/mol. The monoisotopic (exact) mass is 297 g/mol. The van der Waals surface area contributed by atoms with Crippen LogP contribution in [0.5, 0.6) is 0 Å². The second-order valence-electron chi connectivity index (χ2n) is 5.66. The third-order valence-electron chi connectivity index (χ3n) is 3.11. The van der Waals surface area contributed by atoms with Crippen LogP contribution in [0.3, 0.4) is 0 Å². The molecule has 8 heteroatoms. The van der Waals surface area contributed by atoms with E-state index in [4.69, 9.17) is 5.11 Å². The van der Waals surface area contributed by atoms with Crippen LogP contribution in [0.4, 0.5) is 5.82 Å². The number of carboxylic acid groups (broad SMARTS) is 1. The summed E-state index contributed by atoms with van der Waals surface area (Å²) in [6, 6.07) is 2.63. The molecular formula is C13H19N3O5. The predicted octanol–water partition coefficient (Wildman–Crippen LogP) is 1.65. The van der Waals surface area contributed by atoms with Gasteiger partial charge in [0.15, 0.2) is 5.69 Å². The van der Waals surface area contributed by atoms with E-state index in [1.165, 1.54) is 28.6 Å². The van der Waals surface area contributed by atoms with Gasteiger partial charge in [-0.15, -0.1) is 0 Å². The van der Waals surface area contributed by atoms with Gasteiger partial charge >= 0.3 is 11.8 Å². The Balaban J connectivity index is 3.11. The zero-order chi connectivity index (χ0) is 16.4. The van der Waals surface area contributed by atoms with Gasteiger partial charge in [0.1, 0.15) is 0 Å². The van der Waals surface area contributed by atoms with Crippen molar-refractivity contribution in [2.24, 2.45) is 7.05 Å². The molecule has 8 nitrogen and oxygen atoms in total. The molecule has 1 N–H and O–H groups in total. The molecule has 1 aromatic rings. The molecule has 0 saturated heterocycles. The van der Waals surface area contributed by atoms with Gasteiger partial charge in [-0.25, -0.2) is 4.57 Å². The van der Waals surface area contributed by atoms with Gasteiger partial charge in [0.2, 0.25) is 0 Å². The second kappa shape index (κ2) is 5.94. The van der Waals surface area contributed by atoms with Crippen LogP contribution >= 0.6 is 0 Å². The van der Waals surface area contributed by atoms with Crippen molar-refractivity contribution in [1.82, 2.24) is 9.47 Å². The highest BCUT2D eigenvalue weighted by atomic mass is 16.6. The van der Waals surface area contributed by atoms with Gasteiger partial charge in [0.25, 0.3) is 5.91 Å². The molecule has 0 unspecified atom stereocenters. The maximum atomic E-state index is 12.6. The van der Waals surface area contributed by atoms with Gasteiger partial charge in [-0.1, -0.05) is 0 Å². The lowest BCUT2D eigenvalue weighted by molar-refractivity contribution is -0.391. The SMILES string of the molecule is Cn1c(C(=O)N(CCC(=O)O)C(C)(C)C)ccc1[N+](=O)[O-]. The van der Waals surface area contributed by atoms with E-state index in [1.807, 2.05) is 0 Å². The highest BCUT2D eigenvalue weighted by Crippen LogP contribution is 2.21. The summed E-state index contributed by atoms with van der Waals surface area (Å²) in [4.78, 5) is 34.9. The van der Waals surface area contributed by atoms with Crippen LogP contribution in [0, 0.1) is 10.1 Å². The molecule has 0 aliphatic rings. The molecule has 0 aromatic carbocycles. The van der Waals surface area contributed by atoms with Crippen LogP contribution in [0.15, 0.2) is 12.1 Å². The fraction of sp³-hybridized carbons (Fsp3) is 0.538. The third kappa shape index (κ3) is 3.80. The minimum absolute atomic E-state index is 0.0383. The number of carbonyl (C=O) groups is 2. The largest absolute Gasteiger partial charge is 0.481 e. The van der Waals surface area contributed by atoms with Gasteiger partial charge in [-0.05, 0) is 31.8 Å². The molecule has 0 saturated carbocycles. The number of hydrogen-bond acceptors (Lipinski definition) is 4. The van der Waals surface area contributed by atoms with E-state index in [-0.39, 0.29) is 24.5 Å². The van der Waals surface area contributed by atoms with Crippen LogP contribution in [0.1, 0.15) is 37.7 Å². The molecule has 0 radical (unpaired) electrons. The quantitative estimate of drug-likeness (QED) is 0.657. The maximum absolute atomic E-state index is 12.6. The summed E-state index contributed by atoms with van der Waals surface area (Å²) in [5.74, 6) is -1.63. The summed E-state index contributed by atoms with van der Waals surface area (Å²) in [5, 5.41) is 19.6. The zero-order valence-corrected chi connectivity index (χ0v) is 12.5. The Kier molecular flexibility index (Phi) is 4.72. The first kappa shape index (κ1) is 16.7. The van der Waals surface area contributed by atoms with Crippen molar-refractivity contribution in [2.75, 3.05) is 6.54 Å². The summed E-state index contributed by atoms with van der Waals surface area (Å²) in [5.41, 5.74) is -0.437. The Labute approximate surface area is 122 Å². The number of carbonyl (C=O) groups excluding carboxylic acids is 1. The number of aliphatic carboxylic acids is 1. The minimum Gasteiger partial charge on any atom is -0.481 e. The zero-order valence-electron chi connectivity index (χ0n) is 12.5. The lowest BCUT2D eigenvalue weighted by Crippen LogP contribution is -2.47. The van der Waals surface area contributed by atoms with E-state index in [2.05, 4.69) is 0 Å². The molecule has 0 spiro atoms. The van der Waals surface area contributed by atoms with Crippen LogP contribution in [-0.4, -0.2) is 43.5 Å². The number of rotatable bonds is 5. The molecule has 0 atom stereocenters. The second-order valence-corrected chi connectivity index (χ2v) is 5.66. The van der Waals surface area contributed by atoms with E-state index < -0.39 is 22.3 Å². The van der Waals surface area contributed by atoms with E-state index in [9.17, 15) is 19.7 Å². The Morgan fingerprint density at radius 3 is 2.33 bits per heavy atom. The topological polar surface area (TPSA) is 106 Å². The van der Waals surface area contributed by atoms with Gasteiger partial charge in [-0.3, -0.25) is 9.59 Å². The first-order chi connectivity index (χ1) is 9.55. The van der Waals surface area contributed by atoms with Crippen molar-refractivity contribution in [2.45, 2.75) is 32.7 Å². The third-order valence-corrected chi connectivity index (χ3v) is 3.11. The summed E-state index contributed by atoms with van der Waals surface area (Å²) in [7, 11) is 1.43. The molecule has 1 rings (SSSR count). The summed E-state index contributed by atoms with van der Waals surface area (Å²) < 4.78 is 1.20. The molecule has 1 aromatic heterocycles. The number of nitrogens with zero attached hydrogens (tertiary/aromatic N) is 3. The smallest absolute Gasteiger partial charge is 0.323 e. The summed E-state index contributed by atoms with van der Waals surface area (Å²) >= 11 is 0.